The van der Waals surface area contributed by atoms with E-state index < -0.39 is 4.92 Å². The van der Waals surface area contributed by atoms with Crippen molar-refractivity contribution in [1.82, 2.24) is 9.78 Å². The fourth-order valence-electron chi connectivity index (χ4n) is 2.14. The molecule has 0 aliphatic heterocycles. The van der Waals surface area contributed by atoms with Crippen molar-refractivity contribution in [3.05, 3.63) is 22.5 Å². The van der Waals surface area contributed by atoms with E-state index in [1.807, 2.05) is 0 Å². The molecule has 1 aromatic rings. The predicted octanol–water partition coefficient (Wildman–Crippen LogP) is 2.05. The summed E-state index contributed by atoms with van der Waals surface area (Å²) >= 11 is 0. The van der Waals surface area contributed by atoms with Gasteiger partial charge in [0.05, 0.1) is 17.0 Å². The van der Waals surface area contributed by atoms with Gasteiger partial charge in [-0.2, -0.15) is 10.4 Å². The molecule has 0 aromatic carbocycles. The highest BCUT2D eigenvalue weighted by Gasteiger charge is 2.24. The highest BCUT2D eigenvalue weighted by Crippen LogP contribution is 2.32. The molecule has 2 rings (SSSR count). The van der Waals surface area contributed by atoms with Crippen LogP contribution in [0.15, 0.2) is 12.4 Å². The van der Waals surface area contributed by atoms with E-state index >= 15 is 0 Å². The Labute approximate surface area is 92.6 Å². The molecule has 1 aliphatic rings. The lowest BCUT2D eigenvalue weighted by atomic mass is 9.87. The number of nitriles is 1. The van der Waals surface area contributed by atoms with Crippen LogP contribution >= 0.6 is 0 Å². The fraction of sp³-hybridized carbons (Fsp3) is 0.600. The minimum Gasteiger partial charge on any atom is -0.262 e. The molecule has 6 heteroatoms. The van der Waals surface area contributed by atoms with E-state index in [2.05, 4.69) is 11.2 Å². The van der Waals surface area contributed by atoms with Gasteiger partial charge in [-0.15, -0.1) is 0 Å². The van der Waals surface area contributed by atoms with E-state index in [1.165, 1.54) is 12.4 Å². The van der Waals surface area contributed by atoms with Gasteiger partial charge in [-0.05, 0) is 19.3 Å². The van der Waals surface area contributed by atoms with Crippen molar-refractivity contribution < 1.29 is 4.92 Å². The van der Waals surface area contributed by atoms with Crippen LogP contribution in [0.4, 0.5) is 5.69 Å². The average Bonchev–Trinajstić information content (AvgIpc) is 2.78. The second-order valence-electron chi connectivity index (χ2n) is 4.08. The molecule has 2 atom stereocenters. The summed E-state index contributed by atoms with van der Waals surface area (Å²) in [5.41, 5.74) is 0.0130. The van der Waals surface area contributed by atoms with Crippen molar-refractivity contribution in [2.75, 3.05) is 0 Å². The summed E-state index contributed by atoms with van der Waals surface area (Å²) < 4.78 is 1.63. The summed E-state index contributed by atoms with van der Waals surface area (Å²) in [5, 5.41) is 23.4. The zero-order chi connectivity index (χ0) is 11.5. The number of nitrogens with zero attached hydrogens (tertiary/aromatic N) is 4. The molecule has 0 saturated heterocycles. The molecule has 0 N–H and O–H groups in total. The van der Waals surface area contributed by atoms with Crippen LogP contribution in [0.5, 0.6) is 0 Å². The smallest absolute Gasteiger partial charge is 0.262 e. The van der Waals surface area contributed by atoms with Gasteiger partial charge in [0.25, 0.3) is 0 Å². The summed E-state index contributed by atoms with van der Waals surface area (Å²) in [7, 11) is 0. The number of nitro groups is 1. The van der Waals surface area contributed by atoms with Gasteiger partial charge in [0, 0.05) is 5.92 Å². The Hall–Kier alpha value is -1.90. The molecule has 6 nitrogen and oxygen atoms in total. The van der Waals surface area contributed by atoms with Crippen LogP contribution in [-0.2, 0) is 0 Å². The lowest BCUT2D eigenvalue weighted by Crippen LogP contribution is -2.18. The SMILES string of the molecule is N#CC1CCCC(n2cc([N+](=O)[O-])cn2)C1. The second-order valence-corrected chi connectivity index (χ2v) is 4.08. The van der Waals surface area contributed by atoms with Crippen LogP contribution in [0.2, 0.25) is 0 Å². The lowest BCUT2D eigenvalue weighted by Gasteiger charge is -2.24. The first kappa shape index (κ1) is 10.6. The third kappa shape index (κ3) is 2.03. The highest BCUT2D eigenvalue weighted by molar-refractivity contribution is 5.21. The third-order valence-electron chi connectivity index (χ3n) is 3.00. The molecular formula is C10H12N4O2. The van der Waals surface area contributed by atoms with Crippen molar-refractivity contribution in [2.24, 2.45) is 5.92 Å². The van der Waals surface area contributed by atoms with E-state index in [0.717, 1.165) is 25.7 Å². The summed E-state index contributed by atoms with van der Waals surface area (Å²) in [6.07, 6.45) is 6.31. The van der Waals surface area contributed by atoms with Gasteiger partial charge in [-0.3, -0.25) is 14.8 Å². The van der Waals surface area contributed by atoms with Gasteiger partial charge in [0.15, 0.2) is 0 Å². The van der Waals surface area contributed by atoms with Crippen molar-refractivity contribution in [1.29, 1.82) is 5.26 Å². The van der Waals surface area contributed by atoms with Gasteiger partial charge in [0.2, 0.25) is 0 Å². The normalized spacial score (nSPS) is 24.9. The van der Waals surface area contributed by atoms with Crippen LogP contribution in [0, 0.1) is 27.4 Å². The molecular weight excluding hydrogens is 208 g/mol. The Morgan fingerprint density at radius 2 is 2.44 bits per heavy atom. The Kier molecular flexibility index (Phi) is 2.86. The standard InChI is InChI=1S/C10H12N4O2/c11-5-8-2-1-3-9(4-8)13-7-10(6-12-13)14(15)16/h6-9H,1-4H2. The molecule has 1 aromatic heterocycles. The average molecular weight is 220 g/mol. The van der Waals surface area contributed by atoms with Crippen molar-refractivity contribution >= 4 is 5.69 Å². The number of rotatable bonds is 2. The molecule has 0 bridgehead atoms. The summed E-state index contributed by atoms with van der Waals surface area (Å²) in [6.45, 7) is 0. The van der Waals surface area contributed by atoms with Gasteiger partial charge in [-0.25, -0.2) is 0 Å². The lowest BCUT2D eigenvalue weighted by molar-refractivity contribution is -0.385. The quantitative estimate of drug-likeness (QED) is 0.563. The van der Waals surface area contributed by atoms with E-state index in [1.54, 1.807) is 4.68 Å². The first-order valence-electron chi connectivity index (χ1n) is 5.29. The van der Waals surface area contributed by atoms with Gasteiger partial charge < -0.3 is 0 Å². The predicted molar refractivity (Wildman–Crippen MR) is 55.5 cm³/mol. The molecule has 1 saturated carbocycles. The molecule has 1 heterocycles. The summed E-state index contributed by atoms with van der Waals surface area (Å²) in [5.74, 6) is 0.0574. The molecule has 2 unspecified atom stereocenters. The van der Waals surface area contributed by atoms with Gasteiger partial charge in [-0.1, -0.05) is 6.42 Å². The maximum Gasteiger partial charge on any atom is 0.307 e. The topological polar surface area (TPSA) is 84.8 Å². The molecule has 84 valence electrons. The highest BCUT2D eigenvalue weighted by atomic mass is 16.6. The van der Waals surface area contributed by atoms with Gasteiger partial charge in [0.1, 0.15) is 12.4 Å². The Morgan fingerprint density at radius 3 is 3.06 bits per heavy atom. The molecule has 1 fully saturated rings. The minimum absolute atomic E-state index is 0.0130. The Bertz CT molecular complexity index is 434. The van der Waals surface area contributed by atoms with Crippen molar-refractivity contribution in [3.8, 4) is 6.07 Å². The molecule has 1 aliphatic carbocycles. The fourth-order valence-corrected chi connectivity index (χ4v) is 2.14. The van der Waals surface area contributed by atoms with Crippen LogP contribution < -0.4 is 0 Å². The van der Waals surface area contributed by atoms with Crippen LogP contribution in [0.3, 0.4) is 0 Å². The Balaban J connectivity index is 2.11. The minimum atomic E-state index is -0.450. The van der Waals surface area contributed by atoms with Crippen LogP contribution in [0.25, 0.3) is 0 Å². The second kappa shape index (κ2) is 4.31. The zero-order valence-corrected chi connectivity index (χ0v) is 8.74. The van der Waals surface area contributed by atoms with Crippen molar-refractivity contribution in [3.63, 3.8) is 0 Å². The number of hydrogen-bond acceptors (Lipinski definition) is 4. The third-order valence-corrected chi connectivity index (χ3v) is 3.00. The zero-order valence-electron chi connectivity index (χ0n) is 8.74. The first-order valence-corrected chi connectivity index (χ1v) is 5.29. The van der Waals surface area contributed by atoms with E-state index in [9.17, 15) is 10.1 Å². The monoisotopic (exact) mass is 220 g/mol. The maximum atomic E-state index is 10.5. The van der Waals surface area contributed by atoms with E-state index in [0.29, 0.717) is 0 Å². The Morgan fingerprint density at radius 1 is 1.62 bits per heavy atom. The van der Waals surface area contributed by atoms with Gasteiger partial charge >= 0.3 is 5.69 Å². The number of aromatic nitrogens is 2. The largest absolute Gasteiger partial charge is 0.307 e. The van der Waals surface area contributed by atoms with E-state index in [-0.39, 0.29) is 17.6 Å². The number of hydrogen-bond donors (Lipinski definition) is 0. The first-order chi connectivity index (χ1) is 7.70. The van der Waals surface area contributed by atoms with Crippen LogP contribution in [-0.4, -0.2) is 14.7 Å². The summed E-state index contributed by atoms with van der Waals surface area (Å²) in [6, 6.07) is 2.39. The molecule has 0 amide bonds. The molecule has 0 radical (unpaired) electrons. The summed E-state index contributed by atoms with van der Waals surface area (Å²) in [4.78, 5) is 10.1. The van der Waals surface area contributed by atoms with E-state index in [4.69, 9.17) is 5.26 Å². The maximum absolute atomic E-state index is 10.5. The molecule has 0 spiro atoms. The van der Waals surface area contributed by atoms with Crippen molar-refractivity contribution in [2.45, 2.75) is 31.7 Å². The van der Waals surface area contributed by atoms with Crippen LogP contribution in [0.1, 0.15) is 31.7 Å². The molecule has 16 heavy (non-hydrogen) atoms.